The van der Waals surface area contributed by atoms with Gasteiger partial charge in [-0.15, -0.1) is 0 Å². The van der Waals surface area contributed by atoms with E-state index in [-0.39, 0.29) is 18.3 Å². The minimum atomic E-state index is -3.53. The van der Waals surface area contributed by atoms with Gasteiger partial charge in [0.05, 0.1) is 4.90 Å². The molecule has 0 spiro atoms. The standard InChI is InChI=1S/C14H21N3O3S/c1-10-5-6-13(8-11(10)2)21(19,20)17-7-3-4-12(9-17)14(15)16-18/h5-6,8,12,18H,3-4,7,9H2,1-2H3,(H2,15,16). The number of aryl methyl sites for hydroxylation is 2. The summed E-state index contributed by atoms with van der Waals surface area (Å²) in [5, 5.41) is 11.8. The highest BCUT2D eigenvalue weighted by atomic mass is 32.2. The molecule has 1 aromatic carbocycles. The Kier molecular flexibility index (Phi) is 4.53. The summed E-state index contributed by atoms with van der Waals surface area (Å²) in [4.78, 5) is 0.297. The van der Waals surface area contributed by atoms with Crippen LogP contribution in [0.1, 0.15) is 24.0 Å². The molecule has 0 amide bonds. The first kappa shape index (κ1) is 15.8. The van der Waals surface area contributed by atoms with E-state index < -0.39 is 10.0 Å². The summed E-state index contributed by atoms with van der Waals surface area (Å²) in [6.45, 7) is 4.56. The molecule has 1 saturated heterocycles. The average molecular weight is 311 g/mol. The Morgan fingerprint density at radius 1 is 1.38 bits per heavy atom. The van der Waals surface area contributed by atoms with Crippen molar-refractivity contribution >= 4 is 15.9 Å². The monoisotopic (exact) mass is 311 g/mol. The molecule has 6 nitrogen and oxygen atoms in total. The molecule has 1 atom stereocenters. The SMILES string of the molecule is Cc1ccc(S(=O)(=O)N2CCCC(C(N)=NO)C2)cc1C. The lowest BCUT2D eigenvalue weighted by molar-refractivity contribution is 0.287. The van der Waals surface area contributed by atoms with Crippen LogP contribution >= 0.6 is 0 Å². The molecule has 7 heteroatoms. The third-order valence-corrected chi connectivity index (χ3v) is 5.90. The average Bonchev–Trinajstić information content (AvgIpc) is 2.49. The van der Waals surface area contributed by atoms with Gasteiger partial charge in [0.25, 0.3) is 0 Å². The van der Waals surface area contributed by atoms with E-state index in [1.807, 2.05) is 19.9 Å². The topological polar surface area (TPSA) is 96.0 Å². The first-order valence-corrected chi connectivity index (χ1v) is 8.35. The largest absolute Gasteiger partial charge is 0.409 e. The van der Waals surface area contributed by atoms with E-state index in [2.05, 4.69) is 5.16 Å². The van der Waals surface area contributed by atoms with Crippen LogP contribution in [0.25, 0.3) is 0 Å². The molecule has 0 saturated carbocycles. The van der Waals surface area contributed by atoms with Gasteiger partial charge in [0.1, 0.15) is 5.84 Å². The maximum Gasteiger partial charge on any atom is 0.243 e. The minimum Gasteiger partial charge on any atom is -0.409 e. The normalized spacial score (nSPS) is 21.4. The molecule has 1 heterocycles. The number of piperidine rings is 1. The molecular formula is C14H21N3O3S. The van der Waals surface area contributed by atoms with E-state index >= 15 is 0 Å². The second-order valence-electron chi connectivity index (χ2n) is 5.47. The summed E-state index contributed by atoms with van der Waals surface area (Å²) < 4.78 is 26.8. The number of hydrogen-bond acceptors (Lipinski definition) is 4. The maximum atomic E-state index is 12.7. The van der Waals surface area contributed by atoms with Crippen LogP contribution in [-0.4, -0.2) is 36.9 Å². The second-order valence-corrected chi connectivity index (χ2v) is 7.41. The van der Waals surface area contributed by atoms with Gasteiger partial charge in [0.2, 0.25) is 10.0 Å². The summed E-state index contributed by atoms with van der Waals surface area (Å²) in [5.74, 6) is -0.139. The molecule has 1 aromatic rings. The predicted molar refractivity (Wildman–Crippen MR) is 80.8 cm³/mol. The van der Waals surface area contributed by atoms with Crippen molar-refractivity contribution in [1.29, 1.82) is 0 Å². The van der Waals surface area contributed by atoms with Crippen LogP contribution in [0.4, 0.5) is 0 Å². The van der Waals surface area contributed by atoms with Gasteiger partial charge in [0, 0.05) is 19.0 Å². The third kappa shape index (κ3) is 3.19. The number of rotatable bonds is 3. The molecule has 1 fully saturated rings. The van der Waals surface area contributed by atoms with E-state index in [1.54, 1.807) is 12.1 Å². The Balaban J connectivity index is 2.28. The van der Waals surface area contributed by atoms with E-state index in [0.717, 1.165) is 17.5 Å². The van der Waals surface area contributed by atoms with Gasteiger partial charge in [-0.25, -0.2) is 8.42 Å². The van der Waals surface area contributed by atoms with Crippen molar-refractivity contribution in [3.8, 4) is 0 Å². The molecular weight excluding hydrogens is 290 g/mol. The van der Waals surface area contributed by atoms with Gasteiger partial charge in [-0.3, -0.25) is 0 Å². The summed E-state index contributed by atoms with van der Waals surface area (Å²) >= 11 is 0. The molecule has 0 aromatic heterocycles. The smallest absolute Gasteiger partial charge is 0.243 e. The molecule has 0 radical (unpaired) electrons. The molecule has 1 aliphatic rings. The highest BCUT2D eigenvalue weighted by Crippen LogP contribution is 2.25. The molecule has 1 unspecified atom stereocenters. The van der Waals surface area contributed by atoms with Crippen molar-refractivity contribution in [2.75, 3.05) is 13.1 Å². The molecule has 21 heavy (non-hydrogen) atoms. The van der Waals surface area contributed by atoms with Crippen LogP contribution in [0.5, 0.6) is 0 Å². The summed E-state index contributed by atoms with van der Waals surface area (Å²) in [7, 11) is -3.53. The van der Waals surface area contributed by atoms with Gasteiger partial charge in [-0.05, 0) is 49.9 Å². The van der Waals surface area contributed by atoms with Crippen molar-refractivity contribution < 1.29 is 13.6 Å². The Morgan fingerprint density at radius 3 is 2.71 bits per heavy atom. The zero-order valence-electron chi connectivity index (χ0n) is 12.3. The van der Waals surface area contributed by atoms with Crippen molar-refractivity contribution in [1.82, 2.24) is 4.31 Å². The van der Waals surface area contributed by atoms with Crippen LogP contribution in [0, 0.1) is 19.8 Å². The third-order valence-electron chi connectivity index (χ3n) is 4.03. The summed E-state index contributed by atoms with van der Waals surface area (Å²) in [6.07, 6.45) is 1.43. The number of sulfonamides is 1. The fraction of sp³-hybridized carbons (Fsp3) is 0.500. The van der Waals surface area contributed by atoms with Gasteiger partial charge >= 0.3 is 0 Å². The fourth-order valence-corrected chi connectivity index (χ4v) is 4.12. The number of nitrogens with two attached hydrogens (primary N) is 1. The van der Waals surface area contributed by atoms with E-state index in [9.17, 15) is 8.42 Å². The van der Waals surface area contributed by atoms with E-state index in [1.165, 1.54) is 4.31 Å². The molecule has 0 aliphatic carbocycles. The molecule has 2 rings (SSSR count). The number of hydrogen-bond donors (Lipinski definition) is 2. The highest BCUT2D eigenvalue weighted by molar-refractivity contribution is 7.89. The maximum absolute atomic E-state index is 12.7. The first-order chi connectivity index (χ1) is 9.86. The minimum absolute atomic E-state index is 0.0926. The second kappa shape index (κ2) is 6.03. The Labute approximate surface area is 125 Å². The molecule has 3 N–H and O–H groups in total. The van der Waals surface area contributed by atoms with Gasteiger partial charge in [0.15, 0.2) is 0 Å². The highest BCUT2D eigenvalue weighted by Gasteiger charge is 2.32. The van der Waals surface area contributed by atoms with Crippen molar-refractivity contribution in [2.24, 2.45) is 16.8 Å². The zero-order valence-corrected chi connectivity index (χ0v) is 13.1. The lowest BCUT2D eigenvalue weighted by atomic mass is 9.99. The number of nitrogens with zero attached hydrogens (tertiary/aromatic N) is 2. The van der Waals surface area contributed by atoms with Crippen molar-refractivity contribution in [3.63, 3.8) is 0 Å². The number of amidine groups is 1. The quantitative estimate of drug-likeness (QED) is 0.382. The van der Waals surface area contributed by atoms with Gasteiger partial charge < -0.3 is 10.9 Å². The molecule has 1 aliphatic heterocycles. The van der Waals surface area contributed by atoms with Crippen LogP contribution in [-0.2, 0) is 10.0 Å². The predicted octanol–water partition coefficient (Wildman–Crippen LogP) is 1.45. The summed E-state index contributed by atoms with van der Waals surface area (Å²) in [5.41, 5.74) is 7.62. The number of benzene rings is 1. The number of oxime groups is 1. The fourth-order valence-electron chi connectivity index (χ4n) is 2.51. The van der Waals surface area contributed by atoms with Crippen LogP contribution in [0.3, 0.4) is 0 Å². The van der Waals surface area contributed by atoms with Crippen LogP contribution in [0.15, 0.2) is 28.3 Å². The van der Waals surface area contributed by atoms with E-state index in [4.69, 9.17) is 10.9 Å². The van der Waals surface area contributed by atoms with Crippen molar-refractivity contribution in [3.05, 3.63) is 29.3 Å². The first-order valence-electron chi connectivity index (χ1n) is 6.91. The van der Waals surface area contributed by atoms with Crippen molar-refractivity contribution in [2.45, 2.75) is 31.6 Å². The Morgan fingerprint density at radius 2 is 2.10 bits per heavy atom. The van der Waals surface area contributed by atoms with Crippen LogP contribution < -0.4 is 5.73 Å². The van der Waals surface area contributed by atoms with Crippen LogP contribution in [0.2, 0.25) is 0 Å². The van der Waals surface area contributed by atoms with Gasteiger partial charge in [-0.1, -0.05) is 11.2 Å². The molecule has 0 bridgehead atoms. The zero-order chi connectivity index (χ0) is 15.6. The Hall–Kier alpha value is -1.60. The van der Waals surface area contributed by atoms with E-state index in [0.29, 0.717) is 17.9 Å². The lowest BCUT2D eigenvalue weighted by Crippen LogP contribution is -2.44. The Bertz CT molecular complexity index is 655. The molecule has 116 valence electrons. The van der Waals surface area contributed by atoms with Gasteiger partial charge in [-0.2, -0.15) is 4.31 Å². The summed E-state index contributed by atoms with van der Waals surface area (Å²) in [6, 6.07) is 5.13. The lowest BCUT2D eigenvalue weighted by Gasteiger charge is -2.31.